The average Bonchev–Trinajstić information content (AvgIpc) is 2.48. The predicted octanol–water partition coefficient (Wildman–Crippen LogP) is 2.45. The van der Waals surface area contributed by atoms with Crippen LogP contribution in [0.5, 0.6) is 11.6 Å². The Balaban J connectivity index is 1.95. The van der Waals surface area contributed by atoms with Crippen LogP contribution in [0.4, 0.5) is 0 Å². The van der Waals surface area contributed by atoms with Gasteiger partial charge in [0.1, 0.15) is 16.2 Å². The van der Waals surface area contributed by atoms with Crippen molar-refractivity contribution in [1.29, 1.82) is 0 Å². The summed E-state index contributed by atoms with van der Waals surface area (Å²) in [6, 6.07) is 9.55. The molecule has 2 N–H and O–H groups in total. The van der Waals surface area contributed by atoms with Crippen molar-refractivity contribution in [3.63, 3.8) is 0 Å². The summed E-state index contributed by atoms with van der Waals surface area (Å²) in [5, 5.41) is 0.998. The zero-order valence-electron chi connectivity index (χ0n) is 10.4. The highest BCUT2D eigenvalue weighted by atomic mass is 32.1. The number of para-hydroxylation sites is 1. The first-order valence-electron chi connectivity index (χ1n) is 5.87. The van der Waals surface area contributed by atoms with Crippen LogP contribution >= 0.6 is 12.2 Å². The van der Waals surface area contributed by atoms with Gasteiger partial charge in [-0.1, -0.05) is 30.4 Å². The molecule has 3 rings (SSSR count). The van der Waals surface area contributed by atoms with E-state index >= 15 is 0 Å². The lowest BCUT2D eigenvalue weighted by Crippen LogP contribution is -2.11. The third-order valence-corrected chi connectivity index (χ3v) is 2.90. The molecule has 0 amide bonds. The van der Waals surface area contributed by atoms with Gasteiger partial charge in [-0.2, -0.15) is 0 Å². The number of fused-ring (bicyclic) bond motifs is 1. The zero-order valence-corrected chi connectivity index (χ0v) is 11.2. The van der Waals surface area contributed by atoms with Gasteiger partial charge in [0.15, 0.2) is 5.75 Å². The number of hydrogen-bond donors (Lipinski definition) is 1. The number of ether oxygens (including phenoxy) is 1. The molecule has 0 aliphatic heterocycles. The largest absolute Gasteiger partial charge is 0.435 e. The Bertz CT molecular complexity index is 768. The van der Waals surface area contributed by atoms with E-state index in [0.29, 0.717) is 17.3 Å². The van der Waals surface area contributed by atoms with E-state index in [9.17, 15) is 0 Å². The third kappa shape index (κ3) is 2.41. The fourth-order valence-corrected chi connectivity index (χ4v) is 1.87. The molecule has 3 aromatic rings. The molecule has 0 radical (unpaired) electrons. The van der Waals surface area contributed by atoms with Crippen molar-refractivity contribution in [1.82, 2.24) is 15.0 Å². The van der Waals surface area contributed by atoms with E-state index in [1.54, 1.807) is 6.20 Å². The van der Waals surface area contributed by atoms with Gasteiger partial charge in [-0.15, -0.1) is 0 Å². The van der Waals surface area contributed by atoms with Gasteiger partial charge in [0.25, 0.3) is 0 Å². The summed E-state index contributed by atoms with van der Waals surface area (Å²) in [6.07, 6.45) is 4.68. The standard InChI is InChI=1S/C14H10N4OS/c15-14(20)10-7-18-12(8-17-10)19-11-5-1-3-9-4-2-6-16-13(9)11/h1-8H,(H2,15,20). The van der Waals surface area contributed by atoms with Crippen LogP contribution in [0, 0.1) is 0 Å². The molecule has 0 saturated heterocycles. The fraction of sp³-hybridized carbons (Fsp3) is 0. The second-order valence-corrected chi connectivity index (χ2v) is 4.48. The summed E-state index contributed by atoms with van der Waals surface area (Å²) in [6.45, 7) is 0. The summed E-state index contributed by atoms with van der Waals surface area (Å²) < 4.78 is 5.71. The molecule has 1 aromatic carbocycles. The first-order valence-corrected chi connectivity index (χ1v) is 6.28. The molecule has 0 aliphatic rings. The lowest BCUT2D eigenvalue weighted by atomic mass is 10.2. The molecule has 0 fully saturated rings. The number of thiocarbonyl (C=S) groups is 1. The molecule has 2 aromatic heterocycles. The molecule has 0 aliphatic carbocycles. The van der Waals surface area contributed by atoms with Crippen LogP contribution in [-0.2, 0) is 0 Å². The summed E-state index contributed by atoms with van der Waals surface area (Å²) in [4.78, 5) is 12.7. The Morgan fingerprint density at radius 3 is 2.65 bits per heavy atom. The Morgan fingerprint density at radius 1 is 1.05 bits per heavy atom. The molecule has 0 atom stereocenters. The molecule has 0 bridgehead atoms. The lowest BCUT2D eigenvalue weighted by Gasteiger charge is -2.07. The van der Waals surface area contributed by atoms with E-state index in [-0.39, 0.29) is 4.99 Å². The number of aromatic nitrogens is 3. The van der Waals surface area contributed by atoms with E-state index in [1.807, 2.05) is 30.3 Å². The van der Waals surface area contributed by atoms with E-state index in [1.165, 1.54) is 12.4 Å². The van der Waals surface area contributed by atoms with E-state index in [2.05, 4.69) is 15.0 Å². The molecule has 6 heteroatoms. The molecule has 98 valence electrons. The van der Waals surface area contributed by atoms with E-state index in [4.69, 9.17) is 22.7 Å². The highest BCUT2D eigenvalue weighted by Gasteiger charge is 2.06. The molecular weight excluding hydrogens is 272 g/mol. The Morgan fingerprint density at radius 2 is 1.90 bits per heavy atom. The molecule has 5 nitrogen and oxygen atoms in total. The van der Waals surface area contributed by atoms with Crippen LogP contribution in [0.1, 0.15) is 5.69 Å². The van der Waals surface area contributed by atoms with E-state index in [0.717, 1.165) is 10.9 Å². The predicted molar refractivity (Wildman–Crippen MR) is 79.7 cm³/mol. The number of benzene rings is 1. The van der Waals surface area contributed by atoms with Gasteiger partial charge < -0.3 is 10.5 Å². The SMILES string of the molecule is NC(=S)c1cnc(Oc2cccc3cccnc23)cn1. The van der Waals surface area contributed by atoms with Crippen LogP contribution in [0.3, 0.4) is 0 Å². The van der Waals surface area contributed by atoms with Crippen molar-refractivity contribution in [3.05, 3.63) is 54.6 Å². The number of nitrogens with zero attached hydrogens (tertiary/aromatic N) is 3. The number of hydrogen-bond acceptors (Lipinski definition) is 5. The van der Waals surface area contributed by atoms with Crippen LogP contribution in [0.25, 0.3) is 10.9 Å². The van der Waals surface area contributed by atoms with Crippen LogP contribution < -0.4 is 10.5 Å². The Kier molecular flexibility index (Phi) is 3.22. The van der Waals surface area contributed by atoms with Gasteiger partial charge in [-0.3, -0.25) is 4.98 Å². The third-order valence-electron chi connectivity index (χ3n) is 2.69. The second kappa shape index (κ2) is 5.18. The van der Waals surface area contributed by atoms with Crippen molar-refractivity contribution < 1.29 is 4.74 Å². The molecule has 0 saturated carbocycles. The van der Waals surface area contributed by atoms with Crippen LogP contribution in [0.15, 0.2) is 48.9 Å². The minimum absolute atomic E-state index is 0.205. The van der Waals surface area contributed by atoms with Crippen LogP contribution in [0.2, 0.25) is 0 Å². The van der Waals surface area contributed by atoms with Gasteiger partial charge in [0, 0.05) is 11.6 Å². The van der Waals surface area contributed by atoms with Gasteiger partial charge in [-0.05, 0) is 12.1 Å². The molecule has 2 heterocycles. The van der Waals surface area contributed by atoms with Crippen molar-refractivity contribution in [2.45, 2.75) is 0 Å². The van der Waals surface area contributed by atoms with Gasteiger partial charge >= 0.3 is 0 Å². The second-order valence-electron chi connectivity index (χ2n) is 4.04. The molecule has 0 unspecified atom stereocenters. The number of rotatable bonds is 3. The highest BCUT2D eigenvalue weighted by Crippen LogP contribution is 2.26. The number of pyridine rings is 1. The average molecular weight is 282 g/mol. The topological polar surface area (TPSA) is 73.9 Å². The first kappa shape index (κ1) is 12.4. The summed E-state index contributed by atoms with van der Waals surface area (Å²) >= 11 is 4.82. The van der Waals surface area contributed by atoms with Crippen molar-refractivity contribution in [3.8, 4) is 11.6 Å². The molecule has 20 heavy (non-hydrogen) atoms. The Labute approximate surface area is 120 Å². The van der Waals surface area contributed by atoms with Gasteiger partial charge in [0.05, 0.1) is 12.4 Å². The normalized spacial score (nSPS) is 10.4. The van der Waals surface area contributed by atoms with E-state index < -0.39 is 0 Å². The fourth-order valence-electron chi connectivity index (χ4n) is 1.77. The maximum atomic E-state index is 5.71. The minimum Gasteiger partial charge on any atom is -0.435 e. The quantitative estimate of drug-likeness (QED) is 0.744. The summed E-state index contributed by atoms with van der Waals surface area (Å²) in [5.41, 5.74) is 6.70. The maximum absolute atomic E-state index is 5.71. The summed E-state index contributed by atoms with van der Waals surface area (Å²) in [5.74, 6) is 0.989. The Hall–Kier alpha value is -2.60. The monoisotopic (exact) mass is 282 g/mol. The van der Waals surface area contributed by atoms with Gasteiger partial charge in [0.2, 0.25) is 5.88 Å². The van der Waals surface area contributed by atoms with Crippen molar-refractivity contribution in [2.75, 3.05) is 0 Å². The summed E-state index contributed by atoms with van der Waals surface area (Å²) in [7, 11) is 0. The van der Waals surface area contributed by atoms with Crippen LogP contribution in [-0.4, -0.2) is 19.9 Å². The number of nitrogens with two attached hydrogens (primary N) is 1. The van der Waals surface area contributed by atoms with Crippen molar-refractivity contribution >= 4 is 28.1 Å². The lowest BCUT2D eigenvalue weighted by molar-refractivity contribution is 0.464. The molecular formula is C14H10N4OS. The maximum Gasteiger partial charge on any atom is 0.237 e. The minimum atomic E-state index is 0.205. The smallest absolute Gasteiger partial charge is 0.237 e. The van der Waals surface area contributed by atoms with Gasteiger partial charge in [-0.25, -0.2) is 9.97 Å². The van der Waals surface area contributed by atoms with Crippen molar-refractivity contribution in [2.24, 2.45) is 5.73 Å². The highest BCUT2D eigenvalue weighted by molar-refractivity contribution is 7.80. The molecule has 0 spiro atoms. The first-order chi connectivity index (χ1) is 9.74. The zero-order chi connectivity index (χ0) is 13.9.